The predicted octanol–water partition coefficient (Wildman–Crippen LogP) is 3.97. The highest BCUT2D eigenvalue weighted by Gasteiger charge is 2.41. The monoisotopic (exact) mass is 459 g/mol. The molecule has 4 aromatic rings. The van der Waals surface area contributed by atoms with Crippen molar-refractivity contribution in [1.29, 1.82) is 0 Å². The van der Waals surface area contributed by atoms with E-state index in [1.807, 2.05) is 60.7 Å². The van der Waals surface area contributed by atoms with Gasteiger partial charge in [-0.05, 0) is 23.5 Å². The molecule has 2 aromatic heterocycles. The lowest BCUT2D eigenvalue weighted by Gasteiger charge is -2.14. The molecule has 174 valence electrons. The van der Waals surface area contributed by atoms with Crippen LogP contribution in [0, 0.1) is 11.8 Å². The Labute approximate surface area is 199 Å². The molecule has 0 aliphatic heterocycles. The van der Waals surface area contributed by atoms with Crippen LogP contribution in [0.2, 0.25) is 1.41 Å². The van der Waals surface area contributed by atoms with Crippen molar-refractivity contribution in [3.8, 4) is 5.88 Å². The summed E-state index contributed by atoms with van der Waals surface area (Å²) in [7, 11) is 0. The average molecular weight is 460 g/mol. The lowest BCUT2D eigenvalue weighted by molar-refractivity contribution is -0.125. The summed E-state index contributed by atoms with van der Waals surface area (Å²) in [5.41, 5.74) is 5.23. The van der Waals surface area contributed by atoms with Crippen LogP contribution in [0.3, 0.4) is 0 Å². The maximum atomic E-state index is 13.4. The van der Waals surface area contributed by atoms with Gasteiger partial charge in [0.05, 0.1) is 25.6 Å². The molecule has 2 aromatic carbocycles. The molecule has 1 aliphatic rings. The van der Waals surface area contributed by atoms with E-state index in [2.05, 4.69) is 27.6 Å². The van der Waals surface area contributed by atoms with E-state index < -0.39 is 6.04 Å². The van der Waals surface area contributed by atoms with Crippen molar-refractivity contribution in [3.63, 3.8) is 0 Å². The number of ether oxygens (including phenoxy) is 2. The SMILES string of the molecule is [3H]Nc1nc(OCc2ccccc2)c2ncn([C@H]3C[C@H](C)[C@@H](COCc4ccccc4)C3=O)c2n1. The van der Waals surface area contributed by atoms with E-state index in [9.17, 15) is 4.79 Å². The minimum Gasteiger partial charge on any atom is -0.471 e. The quantitative estimate of drug-likeness (QED) is 0.404. The molecule has 8 nitrogen and oxygen atoms in total. The zero-order chi connectivity index (χ0) is 24.2. The Morgan fingerprint density at radius 3 is 2.47 bits per heavy atom. The zero-order valence-electron chi connectivity index (χ0n) is 19.9. The van der Waals surface area contributed by atoms with Crippen LogP contribution in [-0.2, 0) is 22.7 Å². The fourth-order valence-electron chi connectivity index (χ4n) is 4.48. The van der Waals surface area contributed by atoms with Gasteiger partial charge < -0.3 is 19.8 Å². The first-order chi connectivity index (χ1) is 17.1. The van der Waals surface area contributed by atoms with E-state index in [1.54, 1.807) is 10.9 Å². The molecule has 0 spiro atoms. The summed E-state index contributed by atoms with van der Waals surface area (Å²) in [5, 5.41) is 0. The van der Waals surface area contributed by atoms with Gasteiger partial charge in [-0.15, -0.1) is 0 Å². The third-order valence-corrected chi connectivity index (χ3v) is 6.33. The van der Waals surface area contributed by atoms with Crippen LogP contribution in [0.4, 0.5) is 5.95 Å². The molecule has 34 heavy (non-hydrogen) atoms. The number of carbonyl (C=O) groups excluding carboxylic acids is 1. The molecule has 0 bridgehead atoms. The van der Waals surface area contributed by atoms with Crippen LogP contribution >= 0.6 is 0 Å². The molecule has 1 saturated carbocycles. The standard InChI is InChI=1S/C26H27N5O3/c1-17-12-21(23(32)20(17)15-33-13-18-8-4-2-5-9-18)31-16-28-22-24(31)29-26(27)30-25(22)34-14-19-10-6-3-7-11-19/h2-11,16-17,20-21H,12-15H2,1H3,(H2,27,29,30)/t17-,20+,21-/m0/s1/i/hT. The number of ketones is 1. The third kappa shape index (κ3) is 4.49. The van der Waals surface area contributed by atoms with Gasteiger partial charge in [0.2, 0.25) is 11.8 Å². The predicted molar refractivity (Wildman–Crippen MR) is 128 cm³/mol. The number of benzene rings is 2. The molecule has 0 saturated heterocycles. The fourth-order valence-corrected chi connectivity index (χ4v) is 4.48. The smallest absolute Gasteiger partial charge is 0.247 e. The number of imidazole rings is 1. The second-order valence-electron chi connectivity index (χ2n) is 8.69. The fraction of sp³-hybridized carbons (Fsp3) is 0.308. The number of carbonyl (C=O) groups is 1. The van der Waals surface area contributed by atoms with Gasteiger partial charge in [-0.3, -0.25) is 4.79 Å². The summed E-state index contributed by atoms with van der Waals surface area (Å²) in [6.45, 7) is 3.23. The minimum absolute atomic E-state index is 0.0866. The Hall–Kier alpha value is -3.78. The summed E-state index contributed by atoms with van der Waals surface area (Å²) < 4.78 is 21.2. The van der Waals surface area contributed by atoms with E-state index in [1.165, 1.54) is 0 Å². The van der Waals surface area contributed by atoms with Gasteiger partial charge in [-0.1, -0.05) is 67.6 Å². The van der Waals surface area contributed by atoms with E-state index in [-0.39, 0.29) is 29.4 Å². The Balaban J connectivity index is 1.34. The Bertz CT molecular complexity index is 1300. The summed E-state index contributed by atoms with van der Waals surface area (Å²) in [5.74, 6) is 0.420. The summed E-state index contributed by atoms with van der Waals surface area (Å²) in [6.07, 6.45) is 2.28. The van der Waals surface area contributed by atoms with Crippen molar-refractivity contribution in [3.05, 3.63) is 78.1 Å². The molecule has 5 rings (SSSR count). The Morgan fingerprint density at radius 1 is 1.06 bits per heavy atom. The van der Waals surface area contributed by atoms with Crippen LogP contribution in [0.15, 0.2) is 67.0 Å². The summed E-state index contributed by atoms with van der Waals surface area (Å²) >= 11 is 0. The van der Waals surface area contributed by atoms with Gasteiger partial charge in [-0.2, -0.15) is 9.97 Å². The second kappa shape index (κ2) is 9.61. The molecule has 2 N–H and O–H groups in total. The molecule has 1 aliphatic carbocycles. The minimum atomic E-state index is -0.407. The first-order valence-corrected chi connectivity index (χ1v) is 11.4. The van der Waals surface area contributed by atoms with Crippen molar-refractivity contribution >= 4 is 22.9 Å². The Morgan fingerprint density at radius 2 is 1.76 bits per heavy atom. The molecular weight excluding hydrogens is 430 g/mol. The van der Waals surface area contributed by atoms with Crippen LogP contribution in [0.5, 0.6) is 5.88 Å². The van der Waals surface area contributed by atoms with Gasteiger partial charge in [0.25, 0.3) is 0 Å². The zero-order valence-corrected chi connectivity index (χ0v) is 18.9. The van der Waals surface area contributed by atoms with Crippen molar-refractivity contribution in [2.45, 2.75) is 32.6 Å². The maximum absolute atomic E-state index is 13.4. The van der Waals surface area contributed by atoms with Gasteiger partial charge in [0, 0.05) is 5.92 Å². The topological polar surface area (TPSA) is 105 Å². The van der Waals surface area contributed by atoms with Crippen molar-refractivity contribution in [2.75, 3.05) is 12.3 Å². The molecule has 0 amide bonds. The van der Waals surface area contributed by atoms with Gasteiger partial charge >= 0.3 is 0 Å². The van der Waals surface area contributed by atoms with Gasteiger partial charge in [0.1, 0.15) is 6.61 Å². The number of anilines is 1. The number of nitrogen functional groups attached to an aromatic ring is 1. The second-order valence-corrected chi connectivity index (χ2v) is 8.69. The molecular formula is C26H27N5O3. The van der Waals surface area contributed by atoms with Crippen molar-refractivity contribution in [1.82, 2.24) is 19.5 Å². The van der Waals surface area contributed by atoms with Gasteiger partial charge in [0.15, 0.2) is 18.4 Å². The highest BCUT2D eigenvalue weighted by atomic mass is 16.5. The summed E-state index contributed by atoms with van der Waals surface area (Å²) in [4.78, 5) is 26.6. The van der Waals surface area contributed by atoms with Crippen LogP contribution < -0.4 is 10.5 Å². The van der Waals surface area contributed by atoms with Crippen molar-refractivity contribution < 1.29 is 15.7 Å². The normalized spacial score (nSPS) is 20.4. The van der Waals surface area contributed by atoms with Gasteiger partial charge in [-0.25, -0.2) is 4.98 Å². The molecule has 1 fully saturated rings. The van der Waals surface area contributed by atoms with E-state index in [4.69, 9.17) is 10.9 Å². The highest BCUT2D eigenvalue weighted by molar-refractivity contribution is 5.89. The van der Waals surface area contributed by atoms with E-state index in [0.29, 0.717) is 37.4 Å². The highest BCUT2D eigenvalue weighted by Crippen LogP contribution is 2.38. The number of Topliss-reactive ketones (excluding diaryl/α,β-unsaturated/α-hetero) is 1. The van der Waals surface area contributed by atoms with Crippen LogP contribution in [-0.4, -0.2) is 31.9 Å². The van der Waals surface area contributed by atoms with Crippen molar-refractivity contribution in [2.24, 2.45) is 11.8 Å². The molecule has 0 unspecified atom stereocenters. The number of nitrogens with zero attached hydrogens (tertiary/aromatic N) is 4. The number of rotatable bonds is 9. The maximum Gasteiger partial charge on any atom is 0.247 e. The van der Waals surface area contributed by atoms with E-state index >= 15 is 0 Å². The largest absolute Gasteiger partial charge is 0.471 e. The van der Waals surface area contributed by atoms with Crippen LogP contribution in [0.1, 0.15) is 30.5 Å². The molecule has 8 heteroatoms. The summed E-state index contributed by atoms with van der Waals surface area (Å²) in [6, 6.07) is 19.3. The van der Waals surface area contributed by atoms with Crippen LogP contribution in [0.25, 0.3) is 11.2 Å². The van der Waals surface area contributed by atoms with E-state index in [0.717, 1.165) is 11.1 Å². The molecule has 2 heterocycles. The third-order valence-electron chi connectivity index (χ3n) is 6.33. The number of fused-ring (bicyclic) bond motifs is 1. The number of aromatic nitrogens is 4. The lowest BCUT2D eigenvalue weighted by atomic mass is 9.99. The average Bonchev–Trinajstić information content (AvgIpc) is 3.44. The first-order valence-electron chi connectivity index (χ1n) is 11.9. The molecule has 3 atom stereocenters. The Kier molecular flexibility index (Phi) is 5.88. The number of nitrogens with two attached hydrogens (primary N) is 1. The lowest BCUT2D eigenvalue weighted by Crippen LogP contribution is -2.23. The first kappa shape index (κ1) is 20.8. The number of hydrogen-bond acceptors (Lipinski definition) is 7. The molecule has 0 radical (unpaired) electrons. The number of hydrogen-bond donors (Lipinski definition) is 1.